The summed E-state index contributed by atoms with van der Waals surface area (Å²) >= 11 is 0. The second-order valence-electron chi connectivity index (χ2n) is 3.84. The molecule has 0 saturated carbocycles. The van der Waals surface area contributed by atoms with Crippen molar-refractivity contribution in [1.82, 2.24) is 5.32 Å². The van der Waals surface area contributed by atoms with Gasteiger partial charge in [0.1, 0.15) is 0 Å². The summed E-state index contributed by atoms with van der Waals surface area (Å²) in [6.45, 7) is 4.31. The van der Waals surface area contributed by atoms with Crippen molar-refractivity contribution < 1.29 is 8.42 Å². The molecule has 2 N–H and O–H groups in total. The van der Waals surface area contributed by atoms with Gasteiger partial charge in [-0.15, -0.1) is 0 Å². The molecule has 0 saturated heterocycles. The zero-order valence-electron chi connectivity index (χ0n) is 9.87. The minimum Gasteiger partial charge on any atom is -0.319 e. The van der Waals surface area contributed by atoms with Crippen molar-refractivity contribution in [3.05, 3.63) is 29.3 Å². The van der Waals surface area contributed by atoms with E-state index in [2.05, 4.69) is 10.0 Å². The van der Waals surface area contributed by atoms with Crippen molar-refractivity contribution in [1.29, 1.82) is 0 Å². The summed E-state index contributed by atoms with van der Waals surface area (Å²) in [5.74, 6) is 0.0802. The lowest BCUT2D eigenvalue weighted by Crippen LogP contribution is -2.24. The van der Waals surface area contributed by atoms with Crippen LogP contribution in [0.1, 0.15) is 11.1 Å². The fourth-order valence-corrected chi connectivity index (χ4v) is 2.52. The zero-order chi connectivity index (χ0) is 12.2. The number of hydrogen-bond acceptors (Lipinski definition) is 3. The topological polar surface area (TPSA) is 58.2 Å². The predicted molar refractivity (Wildman–Crippen MR) is 67.3 cm³/mol. The summed E-state index contributed by atoms with van der Waals surface area (Å²) in [6, 6.07) is 5.64. The molecule has 0 heterocycles. The van der Waals surface area contributed by atoms with Crippen LogP contribution >= 0.6 is 0 Å². The van der Waals surface area contributed by atoms with E-state index in [1.807, 2.05) is 26.0 Å². The highest BCUT2D eigenvalue weighted by molar-refractivity contribution is 7.92. The van der Waals surface area contributed by atoms with E-state index in [-0.39, 0.29) is 5.75 Å². The normalized spacial score (nSPS) is 11.4. The molecule has 16 heavy (non-hydrogen) atoms. The maximum atomic E-state index is 11.6. The molecule has 0 aliphatic rings. The van der Waals surface area contributed by atoms with Crippen LogP contribution in [0.15, 0.2) is 18.2 Å². The third-order valence-electron chi connectivity index (χ3n) is 2.27. The average molecular weight is 242 g/mol. The smallest absolute Gasteiger partial charge is 0.233 e. The number of benzene rings is 1. The van der Waals surface area contributed by atoms with Crippen LogP contribution in [0, 0.1) is 13.8 Å². The lowest BCUT2D eigenvalue weighted by atomic mass is 10.1. The van der Waals surface area contributed by atoms with Crippen LogP contribution < -0.4 is 10.0 Å². The van der Waals surface area contributed by atoms with Gasteiger partial charge in [-0.05, 0) is 32.5 Å². The summed E-state index contributed by atoms with van der Waals surface area (Å²) in [5, 5.41) is 2.81. The van der Waals surface area contributed by atoms with Crippen molar-refractivity contribution >= 4 is 15.7 Å². The Hall–Kier alpha value is -1.07. The minimum absolute atomic E-state index is 0.0802. The molecular weight excluding hydrogens is 224 g/mol. The number of hydrogen-bond donors (Lipinski definition) is 2. The van der Waals surface area contributed by atoms with Crippen LogP contribution in [0.4, 0.5) is 5.69 Å². The minimum atomic E-state index is -3.24. The van der Waals surface area contributed by atoms with E-state index >= 15 is 0 Å². The lowest BCUT2D eigenvalue weighted by Gasteiger charge is -2.10. The van der Waals surface area contributed by atoms with Crippen molar-refractivity contribution in [3.8, 4) is 0 Å². The fraction of sp³-hybridized carbons (Fsp3) is 0.455. The molecule has 4 nitrogen and oxygen atoms in total. The zero-order valence-corrected chi connectivity index (χ0v) is 10.7. The highest BCUT2D eigenvalue weighted by atomic mass is 32.2. The number of nitrogens with one attached hydrogen (secondary N) is 2. The molecular formula is C11H18N2O2S. The quantitative estimate of drug-likeness (QED) is 0.817. The maximum Gasteiger partial charge on any atom is 0.233 e. The Labute approximate surface area is 97.1 Å². The highest BCUT2D eigenvalue weighted by Gasteiger charge is 2.10. The monoisotopic (exact) mass is 242 g/mol. The van der Waals surface area contributed by atoms with Gasteiger partial charge in [-0.3, -0.25) is 4.72 Å². The van der Waals surface area contributed by atoms with Crippen LogP contribution in [-0.2, 0) is 10.0 Å². The van der Waals surface area contributed by atoms with E-state index in [1.165, 1.54) is 0 Å². The Balaban J connectivity index is 2.80. The second kappa shape index (κ2) is 5.32. The molecule has 0 aromatic heterocycles. The molecule has 1 aromatic carbocycles. The Morgan fingerprint density at radius 1 is 1.25 bits per heavy atom. The van der Waals surface area contributed by atoms with Gasteiger partial charge in [-0.25, -0.2) is 8.42 Å². The van der Waals surface area contributed by atoms with Crippen LogP contribution in [0.2, 0.25) is 0 Å². The van der Waals surface area contributed by atoms with Gasteiger partial charge in [0.15, 0.2) is 0 Å². The van der Waals surface area contributed by atoms with E-state index in [9.17, 15) is 8.42 Å². The first kappa shape index (κ1) is 13.0. The molecule has 5 heteroatoms. The third kappa shape index (κ3) is 3.83. The second-order valence-corrected chi connectivity index (χ2v) is 5.68. The van der Waals surface area contributed by atoms with Crippen molar-refractivity contribution in [2.24, 2.45) is 0 Å². The van der Waals surface area contributed by atoms with Crippen LogP contribution in [-0.4, -0.2) is 27.8 Å². The van der Waals surface area contributed by atoms with E-state index in [0.29, 0.717) is 12.2 Å². The van der Waals surface area contributed by atoms with Crippen molar-refractivity contribution in [2.75, 3.05) is 24.1 Å². The van der Waals surface area contributed by atoms with E-state index in [4.69, 9.17) is 0 Å². The molecule has 0 atom stereocenters. The van der Waals surface area contributed by atoms with Gasteiger partial charge in [0.05, 0.1) is 11.4 Å². The Kier molecular flexibility index (Phi) is 4.32. The number of anilines is 1. The molecule has 90 valence electrons. The van der Waals surface area contributed by atoms with Gasteiger partial charge >= 0.3 is 0 Å². The number of aryl methyl sites for hydroxylation is 2. The number of rotatable bonds is 5. The van der Waals surface area contributed by atoms with Gasteiger partial charge in [-0.1, -0.05) is 17.7 Å². The van der Waals surface area contributed by atoms with Crippen molar-refractivity contribution in [3.63, 3.8) is 0 Å². The third-order valence-corrected chi connectivity index (χ3v) is 3.54. The fourth-order valence-electron chi connectivity index (χ4n) is 1.38. The Morgan fingerprint density at radius 2 is 1.94 bits per heavy atom. The van der Waals surface area contributed by atoms with E-state index < -0.39 is 10.0 Å². The first-order chi connectivity index (χ1) is 7.44. The molecule has 0 bridgehead atoms. The first-order valence-corrected chi connectivity index (χ1v) is 6.82. The van der Waals surface area contributed by atoms with Crippen molar-refractivity contribution in [2.45, 2.75) is 13.8 Å². The SMILES string of the molecule is CNCCS(=O)(=O)Nc1ccc(C)cc1C. The summed E-state index contributed by atoms with van der Waals surface area (Å²) < 4.78 is 25.9. The lowest BCUT2D eigenvalue weighted by molar-refractivity contribution is 0.598. The van der Waals surface area contributed by atoms with Gasteiger partial charge in [0, 0.05) is 6.54 Å². The van der Waals surface area contributed by atoms with Crippen LogP contribution in [0.3, 0.4) is 0 Å². The average Bonchev–Trinajstić information content (AvgIpc) is 2.19. The molecule has 0 unspecified atom stereocenters. The standard InChI is InChI=1S/C11H18N2O2S/c1-9-4-5-11(10(2)8-9)13-16(14,15)7-6-12-3/h4-5,8,12-13H,6-7H2,1-3H3. The summed E-state index contributed by atoms with van der Waals surface area (Å²) in [4.78, 5) is 0. The maximum absolute atomic E-state index is 11.6. The Bertz CT molecular complexity index is 455. The van der Waals surface area contributed by atoms with E-state index in [0.717, 1.165) is 11.1 Å². The highest BCUT2D eigenvalue weighted by Crippen LogP contribution is 2.17. The molecule has 0 aliphatic heterocycles. The molecule has 0 fully saturated rings. The summed E-state index contributed by atoms with van der Waals surface area (Å²) in [5.41, 5.74) is 2.71. The van der Waals surface area contributed by atoms with Gasteiger partial charge in [0.25, 0.3) is 0 Å². The van der Waals surface area contributed by atoms with Gasteiger partial charge in [0.2, 0.25) is 10.0 Å². The first-order valence-electron chi connectivity index (χ1n) is 5.17. The molecule has 1 aromatic rings. The molecule has 0 radical (unpaired) electrons. The largest absolute Gasteiger partial charge is 0.319 e. The molecule has 0 aliphatic carbocycles. The summed E-state index contributed by atoms with van der Waals surface area (Å²) in [7, 11) is -1.52. The summed E-state index contributed by atoms with van der Waals surface area (Å²) in [6.07, 6.45) is 0. The molecule has 0 spiro atoms. The van der Waals surface area contributed by atoms with Gasteiger partial charge < -0.3 is 5.32 Å². The van der Waals surface area contributed by atoms with Crippen LogP contribution in [0.5, 0.6) is 0 Å². The molecule has 1 rings (SSSR count). The van der Waals surface area contributed by atoms with Crippen LogP contribution in [0.25, 0.3) is 0 Å². The van der Waals surface area contributed by atoms with Gasteiger partial charge in [-0.2, -0.15) is 0 Å². The predicted octanol–water partition coefficient (Wildman–Crippen LogP) is 1.26. The number of sulfonamides is 1. The Morgan fingerprint density at radius 3 is 2.50 bits per heavy atom. The molecule has 0 amide bonds. The van der Waals surface area contributed by atoms with E-state index in [1.54, 1.807) is 13.1 Å².